The molecule has 0 amide bonds. The molecular formula is AcF3-3. The van der Waals surface area contributed by atoms with E-state index in [1.165, 1.54) is 0 Å². The van der Waals surface area contributed by atoms with E-state index in [1.807, 2.05) is 0 Å². The molecular weight excluding hydrogens is 284 g/mol. The normalized spacial score (nSPS) is 0. The molecule has 0 saturated carbocycles. The fourth-order valence-electron chi connectivity index (χ4n) is 0. The average molecular weight is 284 g/mol. The van der Waals surface area contributed by atoms with Crippen LogP contribution in [0, 0.1) is 44.1 Å². The van der Waals surface area contributed by atoms with Gasteiger partial charge in [0.25, 0.3) is 0 Å². The number of rotatable bonds is 0. The molecule has 0 rings (SSSR count). The Kier molecular flexibility index (Phi) is 450. The zero-order chi connectivity index (χ0) is 0. The molecule has 0 aliphatic heterocycles. The SMILES string of the molecule is [Ac].[F-].[F-].[F-]. The molecule has 0 bridgehead atoms. The van der Waals surface area contributed by atoms with Crippen molar-refractivity contribution in [2.45, 2.75) is 0 Å². The van der Waals surface area contributed by atoms with Crippen LogP contribution in [0.5, 0.6) is 0 Å². The summed E-state index contributed by atoms with van der Waals surface area (Å²) in [5.74, 6) is 0. The van der Waals surface area contributed by atoms with Crippen LogP contribution in [0.25, 0.3) is 0 Å². The number of hydrogen-bond acceptors (Lipinski definition) is 0. The first-order valence-electron chi connectivity index (χ1n) is 0. The Morgan fingerprint density at radius 2 is 0.500 bits per heavy atom. The van der Waals surface area contributed by atoms with Gasteiger partial charge in [0.2, 0.25) is 0 Å². The van der Waals surface area contributed by atoms with Gasteiger partial charge < -0.3 is 14.1 Å². The van der Waals surface area contributed by atoms with Crippen molar-refractivity contribution in [1.82, 2.24) is 0 Å². The van der Waals surface area contributed by atoms with Crippen molar-refractivity contribution in [2.75, 3.05) is 0 Å². The van der Waals surface area contributed by atoms with E-state index in [0.29, 0.717) is 0 Å². The minimum atomic E-state index is 0. The molecule has 27 valence electrons. The minimum Gasteiger partial charge on any atom is -1.00 e. The van der Waals surface area contributed by atoms with Crippen LogP contribution in [0.15, 0.2) is 0 Å². The van der Waals surface area contributed by atoms with Crippen LogP contribution in [0.4, 0.5) is 0 Å². The van der Waals surface area contributed by atoms with Crippen molar-refractivity contribution >= 4 is 0 Å². The molecule has 0 aromatic rings. The molecule has 0 aliphatic rings. The van der Waals surface area contributed by atoms with E-state index in [1.54, 1.807) is 0 Å². The van der Waals surface area contributed by atoms with E-state index in [0.717, 1.165) is 0 Å². The molecule has 4 heavy (non-hydrogen) atoms. The second kappa shape index (κ2) is 29.1. The van der Waals surface area contributed by atoms with Gasteiger partial charge in [-0.15, -0.1) is 0 Å². The second-order valence-corrected chi connectivity index (χ2v) is 0. The smallest absolute Gasteiger partial charge is 0 e. The Bertz CT molecular complexity index is 3.25. The zero-order valence-electron chi connectivity index (χ0n) is 1.71. The van der Waals surface area contributed by atoms with E-state index in [-0.39, 0.29) is 58.2 Å². The maximum atomic E-state index is 0. The molecule has 0 aromatic carbocycles. The van der Waals surface area contributed by atoms with Crippen molar-refractivity contribution in [3.63, 3.8) is 0 Å². The van der Waals surface area contributed by atoms with E-state index >= 15 is 0 Å². The molecule has 0 atom stereocenters. The third-order valence-electron chi connectivity index (χ3n) is 0. The van der Waals surface area contributed by atoms with E-state index in [9.17, 15) is 0 Å². The maximum Gasteiger partial charge on any atom is 0 e. The third kappa shape index (κ3) is 10.6. The molecule has 0 N–H and O–H groups in total. The molecule has 4 heteroatoms. The van der Waals surface area contributed by atoms with Crippen LogP contribution in [-0.4, -0.2) is 0 Å². The fourth-order valence-corrected chi connectivity index (χ4v) is 0. The van der Waals surface area contributed by atoms with Crippen molar-refractivity contribution in [3.05, 3.63) is 0 Å². The summed E-state index contributed by atoms with van der Waals surface area (Å²) in [6.07, 6.45) is 0. The predicted molar refractivity (Wildman–Crippen MR) is 0 cm³/mol. The zero-order valence-corrected chi connectivity index (χ0v) is 6.46. The van der Waals surface area contributed by atoms with E-state index in [4.69, 9.17) is 0 Å². The Balaban J connectivity index is 0. The van der Waals surface area contributed by atoms with Crippen molar-refractivity contribution in [3.8, 4) is 0 Å². The summed E-state index contributed by atoms with van der Waals surface area (Å²) >= 11 is 0. The standard InChI is InChI=1S/Ac.3FH/h;3*1H/p-3. The molecule has 0 aromatic heterocycles. The van der Waals surface area contributed by atoms with Crippen LogP contribution in [0.3, 0.4) is 0 Å². The van der Waals surface area contributed by atoms with Gasteiger partial charge >= 0.3 is 0 Å². The van der Waals surface area contributed by atoms with Crippen molar-refractivity contribution < 1.29 is 58.2 Å². The minimum absolute atomic E-state index is 0. The van der Waals surface area contributed by atoms with Gasteiger partial charge in [0.05, 0.1) is 0 Å². The predicted octanol–water partition coefficient (Wildman–Crippen LogP) is -8.99. The molecule has 1 radical (unpaired) electrons. The monoisotopic (exact) mass is 284 g/mol. The van der Waals surface area contributed by atoms with Gasteiger partial charge in [-0.3, -0.25) is 0 Å². The van der Waals surface area contributed by atoms with Gasteiger partial charge in [0, 0.05) is 44.1 Å². The molecule has 0 heterocycles. The molecule has 0 fully saturated rings. The van der Waals surface area contributed by atoms with Crippen LogP contribution < -0.4 is 14.1 Å². The Morgan fingerprint density at radius 1 is 0.500 bits per heavy atom. The first kappa shape index (κ1) is 61.8. The summed E-state index contributed by atoms with van der Waals surface area (Å²) in [6.45, 7) is 0. The Morgan fingerprint density at radius 3 is 0.500 bits per heavy atom. The van der Waals surface area contributed by atoms with Gasteiger partial charge in [0.1, 0.15) is 0 Å². The summed E-state index contributed by atoms with van der Waals surface area (Å²) in [6, 6.07) is 0. The van der Waals surface area contributed by atoms with Crippen molar-refractivity contribution in [1.29, 1.82) is 0 Å². The first-order valence-corrected chi connectivity index (χ1v) is 0. The summed E-state index contributed by atoms with van der Waals surface area (Å²) in [7, 11) is 0. The molecule has 0 saturated heterocycles. The topological polar surface area (TPSA) is 0 Å². The molecule has 0 spiro atoms. The Hall–Kier alpha value is 1.23. The fraction of sp³-hybridized carbons (Fsp3) is 0. The van der Waals surface area contributed by atoms with Gasteiger partial charge in [-0.1, -0.05) is 0 Å². The van der Waals surface area contributed by atoms with Gasteiger partial charge in [-0.2, -0.15) is 0 Å². The summed E-state index contributed by atoms with van der Waals surface area (Å²) in [4.78, 5) is 0. The van der Waals surface area contributed by atoms with E-state index in [2.05, 4.69) is 0 Å². The van der Waals surface area contributed by atoms with Crippen molar-refractivity contribution in [2.24, 2.45) is 0 Å². The molecule has 0 aliphatic carbocycles. The van der Waals surface area contributed by atoms with Gasteiger partial charge in [0.15, 0.2) is 0 Å². The van der Waals surface area contributed by atoms with Crippen LogP contribution in [-0.2, 0) is 0 Å². The third-order valence-corrected chi connectivity index (χ3v) is 0. The Labute approximate surface area is 57.6 Å². The second-order valence-electron chi connectivity index (χ2n) is 0. The number of hydrogen-bond donors (Lipinski definition) is 0. The summed E-state index contributed by atoms with van der Waals surface area (Å²) in [5, 5.41) is 0. The summed E-state index contributed by atoms with van der Waals surface area (Å²) < 4.78 is 0. The van der Waals surface area contributed by atoms with Crippen LogP contribution in [0.1, 0.15) is 0 Å². The van der Waals surface area contributed by atoms with Crippen LogP contribution in [0.2, 0.25) is 0 Å². The summed E-state index contributed by atoms with van der Waals surface area (Å²) in [5.41, 5.74) is 0. The van der Waals surface area contributed by atoms with Gasteiger partial charge in [-0.25, -0.2) is 0 Å². The largest absolute Gasteiger partial charge is 1.00 e. The maximum absolute atomic E-state index is 0. The van der Waals surface area contributed by atoms with Crippen LogP contribution >= 0.6 is 0 Å². The average Bonchev–Trinajstić information content (AvgIpc) is 0. The molecule has 0 nitrogen and oxygen atoms in total. The first-order chi connectivity index (χ1) is 0. The van der Waals surface area contributed by atoms with E-state index < -0.39 is 0 Å². The van der Waals surface area contributed by atoms with Gasteiger partial charge in [-0.05, 0) is 0 Å². The quantitative estimate of drug-likeness (QED) is 0.414. The molecule has 0 unspecified atom stereocenters. The number of halogens is 3.